The molecule has 0 bridgehead atoms. The average Bonchev–Trinajstić information content (AvgIpc) is 2.48. The first kappa shape index (κ1) is 12.1. The molecule has 0 spiro atoms. The molecule has 3 rings (SSSR count). The molecule has 3 aromatic carbocycles. The van der Waals surface area contributed by atoms with E-state index in [1.807, 2.05) is 18.2 Å². The molecule has 3 aromatic rings. The fraction of sp³-hybridized carbons (Fsp3) is 0.0588. The molecule has 0 saturated heterocycles. The van der Waals surface area contributed by atoms with Crippen LogP contribution in [0.5, 0.6) is 5.75 Å². The molecule has 0 fully saturated rings. The van der Waals surface area contributed by atoms with Crippen LogP contribution in [0.2, 0.25) is 0 Å². The normalized spacial score (nSPS) is 10.6. The zero-order valence-corrected chi connectivity index (χ0v) is 11.5. The fourth-order valence-electron chi connectivity index (χ4n) is 2.11. The van der Waals surface area contributed by atoms with Crippen molar-refractivity contribution in [1.82, 2.24) is 0 Å². The maximum absolute atomic E-state index is 5.41. The topological polar surface area (TPSA) is 9.23 Å². The summed E-state index contributed by atoms with van der Waals surface area (Å²) in [6.07, 6.45) is 0. The van der Waals surface area contributed by atoms with Gasteiger partial charge in [0, 0.05) is 4.90 Å². The Kier molecular flexibility index (Phi) is 3.43. The number of para-hydroxylation sites is 1. The summed E-state index contributed by atoms with van der Waals surface area (Å²) < 4.78 is 5.41. The van der Waals surface area contributed by atoms with Gasteiger partial charge in [-0.25, -0.2) is 0 Å². The average molecular weight is 266 g/mol. The molecule has 0 aliphatic carbocycles. The second kappa shape index (κ2) is 5.37. The standard InChI is InChI=1S/C17H14OS/c1-18-15-10-4-5-11-17(15)19-16-12-6-8-13-7-2-3-9-14(13)16/h2-12H,1H3. The van der Waals surface area contributed by atoms with E-state index in [-0.39, 0.29) is 0 Å². The van der Waals surface area contributed by atoms with E-state index in [4.69, 9.17) is 4.74 Å². The Labute approximate surface area is 117 Å². The van der Waals surface area contributed by atoms with Crippen molar-refractivity contribution < 1.29 is 4.74 Å². The maximum atomic E-state index is 5.41. The molecule has 0 radical (unpaired) electrons. The second-order valence-electron chi connectivity index (χ2n) is 4.23. The van der Waals surface area contributed by atoms with Crippen LogP contribution in [0.25, 0.3) is 10.8 Å². The summed E-state index contributed by atoms with van der Waals surface area (Å²) in [5.74, 6) is 0.917. The van der Waals surface area contributed by atoms with Gasteiger partial charge in [-0.3, -0.25) is 0 Å². The molecule has 19 heavy (non-hydrogen) atoms. The molecule has 0 heterocycles. The summed E-state index contributed by atoms with van der Waals surface area (Å²) in [6.45, 7) is 0. The lowest BCUT2D eigenvalue weighted by atomic mass is 10.1. The number of methoxy groups -OCH3 is 1. The van der Waals surface area contributed by atoms with E-state index in [2.05, 4.69) is 48.5 Å². The van der Waals surface area contributed by atoms with E-state index < -0.39 is 0 Å². The lowest BCUT2D eigenvalue weighted by Gasteiger charge is -2.09. The van der Waals surface area contributed by atoms with Crippen molar-refractivity contribution in [3.8, 4) is 5.75 Å². The van der Waals surface area contributed by atoms with Gasteiger partial charge in [-0.1, -0.05) is 60.3 Å². The molecule has 94 valence electrons. The lowest BCUT2D eigenvalue weighted by molar-refractivity contribution is 0.405. The molecular weight excluding hydrogens is 252 g/mol. The maximum Gasteiger partial charge on any atom is 0.132 e. The minimum absolute atomic E-state index is 0.917. The van der Waals surface area contributed by atoms with Crippen LogP contribution in [0.1, 0.15) is 0 Å². The number of hydrogen-bond acceptors (Lipinski definition) is 2. The highest BCUT2D eigenvalue weighted by molar-refractivity contribution is 7.99. The van der Waals surface area contributed by atoms with Crippen molar-refractivity contribution in [2.75, 3.05) is 7.11 Å². The van der Waals surface area contributed by atoms with E-state index >= 15 is 0 Å². The molecule has 0 saturated carbocycles. The van der Waals surface area contributed by atoms with Crippen molar-refractivity contribution >= 4 is 22.5 Å². The Bertz CT molecular complexity index is 701. The third-order valence-electron chi connectivity index (χ3n) is 3.04. The Balaban J connectivity index is 2.06. The number of hydrogen-bond donors (Lipinski definition) is 0. The van der Waals surface area contributed by atoms with Gasteiger partial charge in [0.25, 0.3) is 0 Å². The molecule has 0 aliphatic rings. The van der Waals surface area contributed by atoms with Crippen molar-refractivity contribution in [2.45, 2.75) is 9.79 Å². The smallest absolute Gasteiger partial charge is 0.132 e. The summed E-state index contributed by atoms with van der Waals surface area (Å²) >= 11 is 1.74. The second-order valence-corrected chi connectivity index (χ2v) is 5.31. The third kappa shape index (κ3) is 2.45. The summed E-state index contributed by atoms with van der Waals surface area (Å²) in [5, 5.41) is 2.54. The van der Waals surface area contributed by atoms with E-state index in [0.717, 1.165) is 10.6 Å². The minimum Gasteiger partial charge on any atom is -0.496 e. The predicted molar refractivity (Wildman–Crippen MR) is 81.1 cm³/mol. The largest absolute Gasteiger partial charge is 0.496 e. The van der Waals surface area contributed by atoms with E-state index in [0.29, 0.717) is 0 Å². The van der Waals surface area contributed by atoms with Gasteiger partial charge < -0.3 is 4.74 Å². The first-order chi connectivity index (χ1) is 9.38. The zero-order valence-electron chi connectivity index (χ0n) is 10.7. The monoisotopic (exact) mass is 266 g/mol. The first-order valence-corrected chi connectivity index (χ1v) is 6.99. The van der Waals surface area contributed by atoms with Crippen molar-refractivity contribution in [1.29, 1.82) is 0 Å². The number of benzene rings is 3. The predicted octanol–water partition coefficient (Wildman–Crippen LogP) is 5.00. The van der Waals surface area contributed by atoms with Crippen LogP contribution in [-0.4, -0.2) is 7.11 Å². The minimum atomic E-state index is 0.917. The van der Waals surface area contributed by atoms with Gasteiger partial charge in [0.05, 0.1) is 12.0 Å². The van der Waals surface area contributed by atoms with Gasteiger partial charge in [0.1, 0.15) is 5.75 Å². The third-order valence-corrected chi connectivity index (χ3v) is 4.17. The zero-order chi connectivity index (χ0) is 13.1. The van der Waals surface area contributed by atoms with E-state index in [9.17, 15) is 0 Å². The highest BCUT2D eigenvalue weighted by Gasteiger charge is 2.06. The van der Waals surface area contributed by atoms with Crippen molar-refractivity contribution in [2.24, 2.45) is 0 Å². The molecule has 0 atom stereocenters. The van der Waals surface area contributed by atoms with Crippen LogP contribution in [-0.2, 0) is 0 Å². The van der Waals surface area contributed by atoms with Gasteiger partial charge >= 0.3 is 0 Å². The van der Waals surface area contributed by atoms with Gasteiger partial charge in [-0.2, -0.15) is 0 Å². The van der Waals surface area contributed by atoms with E-state index in [1.165, 1.54) is 15.7 Å². The summed E-state index contributed by atoms with van der Waals surface area (Å²) in [4.78, 5) is 2.39. The number of fused-ring (bicyclic) bond motifs is 1. The Morgan fingerprint density at radius 1 is 0.737 bits per heavy atom. The van der Waals surface area contributed by atoms with Crippen molar-refractivity contribution in [3.05, 3.63) is 66.7 Å². The summed E-state index contributed by atoms with van der Waals surface area (Å²) in [7, 11) is 1.71. The molecule has 0 amide bonds. The van der Waals surface area contributed by atoms with Gasteiger partial charge in [0.2, 0.25) is 0 Å². The van der Waals surface area contributed by atoms with Crippen LogP contribution in [0.3, 0.4) is 0 Å². The van der Waals surface area contributed by atoms with Crippen LogP contribution >= 0.6 is 11.8 Å². The molecule has 0 aromatic heterocycles. The molecular formula is C17H14OS. The number of ether oxygens (including phenoxy) is 1. The molecule has 1 nitrogen and oxygen atoms in total. The van der Waals surface area contributed by atoms with Crippen LogP contribution in [0.4, 0.5) is 0 Å². The van der Waals surface area contributed by atoms with E-state index in [1.54, 1.807) is 18.9 Å². The lowest BCUT2D eigenvalue weighted by Crippen LogP contribution is -1.85. The molecule has 2 heteroatoms. The molecule has 0 aliphatic heterocycles. The van der Waals surface area contributed by atoms with Gasteiger partial charge in [0.15, 0.2) is 0 Å². The Morgan fingerprint density at radius 2 is 1.42 bits per heavy atom. The quantitative estimate of drug-likeness (QED) is 0.659. The molecule has 0 N–H and O–H groups in total. The Morgan fingerprint density at radius 3 is 2.32 bits per heavy atom. The summed E-state index contributed by atoms with van der Waals surface area (Å²) in [5.41, 5.74) is 0. The fourth-order valence-corrected chi connectivity index (χ4v) is 3.18. The highest BCUT2D eigenvalue weighted by Crippen LogP contribution is 2.37. The Hall–Kier alpha value is -1.93. The van der Waals surface area contributed by atoms with Gasteiger partial charge in [-0.15, -0.1) is 0 Å². The van der Waals surface area contributed by atoms with Crippen LogP contribution in [0.15, 0.2) is 76.5 Å². The van der Waals surface area contributed by atoms with Crippen LogP contribution in [0, 0.1) is 0 Å². The first-order valence-electron chi connectivity index (χ1n) is 6.17. The number of rotatable bonds is 3. The van der Waals surface area contributed by atoms with Gasteiger partial charge in [-0.05, 0) is 29.0 Å². The van der Waals surface area contributed by atoms with Crippen molar-refractivity contribution in [3.63, 3.8) is 0 Å². The SMILES string of the molecule is COc1ccccc1Sc1cccc2ccccc12. The van der Waals surface area contributed by atoms with Crippen LogP contribution < -0.4 is 4.74 Å². The highest BCUT2D eigenvalue weighted by atomic mass is 32.2. The molecule has 0 unspecified atom stereocenters. The summed E-state index contributed by atoms with van der Waals surface area (Å²) in [6, 6.07) is 22.9.